The molecule has 5 nitrogen and oxygen atoms in total. The minimum Gasteiger partial charge on any atom is -0.352 e. The maximum atomic E-state index is 13.1. The van der Waals surface area contributed by atoms with Crippen LogP contribution in [0.4, 0.5) is 5.69 Å². The van der Waals surface area contributed by atoms with E-state index in [1.54, 1.807) is 30.3 Å². The lowest BCUT2D eigenvalue weighted by molar-refractivity contribution is 0.0955. The topological polar surface area (TPSA) is 71.1 Å². The molecule has 0 unspecified atom stereocenters. The third-order valence-electron chi connectivity index (χ3n) is 5.05. The molecule has 0 fully saturated rings. The number of aromatic nitrogens is 1. The van der Waals surface area contributed by atoms with Crippen LogP contribution < -0.4 is 10.6 Å². The standard InChI is InChI=1S/C26H23N3O2/c1-18-17-22(20-11-5-7-13-23(20)28-18)26(31)29-24-14-8-6-12-21(24)25(30)27-16-15-19-9-3-2-4-10-19/h2-14,17H,15-16H2,1H3,(H,27,30)(H,29,31). The molecule has 154 valence electrons. The van der Waals surface area contributed by atoms with Gasteiger partial charge < -0.3 is 10.6 Å². The van der Waals surface area contributed by atoms with Crippen molar-refractivity contribution in [3.63, 3.8) is 0 Å². The van der Waals surface area contributed by atoms with Crippen LogP contribution in [0.15, 0.2) is 84.9 Å². The minimum atomic E-state index is -0.272. The molecule has 0 saturated heterocycles. The first kappa shape index (κ1) is 20.3. The average Bonchev–Trinajstić information content (AvgIpc) is 2.79. The fourth-order valence-corrected chi connectivity index (χ4v) is 3.54. The lowest BCUT2D eigenvalue weighted by atomic mass is 10.1. The lowest BCUT2D eigenvalue weighted by Crippen LogP contribution is -2.27. The van der Waals surface area contributed by atoms with Crippen LogP contribution in [0, 0.1) is 6.92 Å². The number of hydrogen-bond donors (Lipinski definition) is 2. The summed E-state index contributed by atoms with van der Waals surface area (Å²) in [7, 11) is 0. The minimum absolute atomic E-state index is 0.220. The normalized spacial score (nSPS) is 10.6. The Balaban J connectivity index is 1.51. The second kappa shape index (κ2) is 9.22. The Kier molecular flexibility index (Phi) is 6.03. The van der Waals surface area contributed by atoms with Crippen molar-refractivity contribution in [2.24, 2.45) is 0 Å². The van der Waals surface area contributed by atoms with E-state index in [9.17, 15) is 9.59 Å². The monoisotopic (exact) mass is 409 g/mol. The van der Waals surface area contributed by atoms with Gasteiger partial charge in [0.15, 0.2) is 0 Å². The van der Waals surface area contributed by atoms with Gasteiger partial charge in [-0.3, -0.25) is 14.6 Å². The van der Waals surface area contributed by atoms with Crippen molar-refractivity contribution in [1.82, 2.24) is 10.3 Å². The van der Waals surface area contributed by atoms with Gasteiger partial charge in [0.05, 0.1) is 22.3 Å². The highest BCUT2D eigenvalue weighted by atomic mass is 16.2. The maximum absolute atomic E-state index is 13.1. The zero-order valence-corrected chi connectivity index (χ0v) is 17.3. The predicted molar refractivity (Wildman–Crippen MR) is 123 cm³/mol. The summed E-state index contributed by atoms with van der Waals surface area (Å²) in [4.78, 5) is 30.3. The van der Waals surface area contributed by atoms with Gasteiger partial charge >= 0.3 is 0 Å². The van der Waals surface area contributed by atoms with Crippen molar-refractivity contribution in [1.29, 1.82) is 0 Å². The largest absolute Gasteiger partial charge is 0.352 e. The molecule has 2 N–H and O–H groups in total. The van der Waals surface area contributed by atoms with Crippen LogP contribution in [-0.2, 0) is 6.42 Å². The summed E-state index contributed by atoms with van der Waals surface area (Å²) in [5.74, 6) is -0.492. The molecule has 4 aromatic rings. The average molecular weight is 409 g/mol. The van der Waals surface area contributed by atoms with Crippen LogP contribution in [0.3, 0.4) is 0 Å². The molecule has 0 spiro atoms. The molecule has 0 bridgehead atoms. The number of pyridine rings is 1. The van der Waals surface area contributed by atoms with E-state index in [1.165, 1.54) is 0 Å². The SMILES string of the molecule is Cc1cc(C(=O)Nc2ccccc2C(=O)NCCc2ccccc2)c2ccccc2n1. The number of amides is 2. The molecule has 0 aliphatic rings. The number of para-hydroxylation sites is 2. The number of carbonyl (C=O) groups excluding carboxylic acids is 2. The van der Waals surface area contributed by atoms with Crippen LogP contribution in [0.25, 0.3) is 10.9 Å². The molecule has 1 aromatic heterocycles. The molecule has 5 heteroatoms. The number of nitrogens with one attached hydrogen (secondary N) is 2. The second-order valence-corrected chi connectivity index (χ2v) is 7.32. The molecule has 0 atom stereocenters. The smallest absolute Gasteiger partial charge is 0.256 e. The van der Waals surface area contributed by atoms with Gasteiger partial charge in [0, 0.05) is 17.6 Å². The summed E-state index contributed by atoms with van der Waals surface area (Å²) < 4.78 is 0. The van der Waals surface area contributed by atoms with Crippen LogP contribution in [-0.4, -0.2) is 23.3 Å². The van der Waals surface area contributed by atoms with E-state index in [4.69, 9.17) is 0 Å². The molecule has 2 amide bonds. The van der Waals surface area contributed by atoms with E-state index in [-0.39, 0.29) is 11.8 Å². The zero-order valence-electron chi connectivity index (χ0n) is 17.3. The Labute approximate surface area is 181 Å². The van der Waals surface area contributed by atoms with E-state index in [1.807, 2.05) is 61.5 Å². The van der Waals surface area contributed by atoms with Crippen LogP contribution in [0.5, 0.6) is 0 Å². The first-order valence-corrected chi connectivity index (χ1v) is 10.2. The molecular weight excluding hydrogens is 386 g/mol. The van der Waals surface area contributed by atoms with Crippen molar-refractivity contribution in [3.8, 4) is 0 Å². The Morgan fingerprint density at radius 3 is 2.35 bits per heavy atom. The first-order chi connectivity index (χ1) is 15.1. The lowest BCUT2D eigenvalue weighted by Gasteiger charge is -2.13. The van der Waals surface area contributed by atoms with Crippen molar-refractivity contribution in [3.05, 3.63) is 107 Å². The number of benzene rings is 3. The van der Waals surface area contributed by atoms with Crippen LogP contribution >= 0.6 is 0 Å². The number of rotatable bonds is 6. The molecule has 1 heterocycles. The molecule has 4 rings (SSSR count). The molecule has 0 saturated carbocycles. The summed E-state index contributed by atoms with van der Waals surface area (Å²) in [5.41, 5.74) is 4.12. The molecule has 0 aliphatic heterocycles. The number of aryl methyl sites for hydroxylation is 1. The quantitative estimate of drug-likeness (QED) is 0.482. The summed E-state index contributed by atoms with van der Waals surface area (Å²) in [6.45, 7) is 2.37. The van der Waals surface area contributed by atoms with E-state index in [2.05, 4.69) is 15.6 Å². The highest BCUT2D eigenvalue weighted by Crippen LogP contribution is 2.21. The Morgan fingerprint density at radius 1 is 0.806 bits per heavy atom. The van der Waals surface area contributed by atoms with Gasteiger partial charge in [0.2, 0.25) is 0 Å². The van der Waals surface area contributed by atoms with Gasteiger partial charge in [0.25, 0.3) is 11.8 Å². The summed E-state index contributed by atoms with van der Waals surface area (Å²) in [5, 5.41) is 6.62. The Bertz CT molecular complexity index is 1240. The molecular formula is C26H23N3O2. The second-order valence-electron chi connectivity index (χ2n) is 7.32. The zero-order chi connectivity index (χ0) is 21.6. The Morgan fingerprint density at radius 2 is 1.52 bits per heavy atom. The number of carbonyl (C=O) groups is 2. The molecule has 3 aromatic carbocycles. The fourth-order valence-electron chi connectivity index (χ4n) is 3.54. The molecule has 31 heavy (non-hydrogen) atoms. The number of fused-ring (bicyclic) bond motifs is 1. The van der Waals surface area contributed by atoms with Gasteiger partial charge in [-0.1, -0.05) is 60.7 Å². The van der Waals surface area contributed by atoms with Crippen molar-refractivity contribution < 1.29 is 9.59 Å². The number of hydrogen-bond acceptors (Lipinski definition) is 3. The summed E-state index contributed by atoms with van der Waals surface area (Å²) in [6, 6.07) is 26.3. The van der Waals surface area contributed by atoms with Crippen LogP contribution in [0.1, 0.15) is 32.0 Å². The van der Waals surface area contributed by atoms with Crippen molar-refractivity contribution in [2.45, 2.75) is 13.3 Å². The van der Waals surface area contributed by atoms with Crippen molar-refractivity contribution >= 4 is 28.4 Å². The maximum Gasteiger partial charge on any atom is 0.256 e. The molecule has 0 radical (unpaired) electrons. The van der Waals surface area contributed by atoms with Gasteiger partial charge in [-0.2, -0.15) is 0 Å². The highest BCUT2D eigenvalue weighted by Gasteiger charge is 2.16. The summed E-state index contributed by atoms with van der Waals surface area (Å²) in [6.07, 6.45) is 0.739. The van der Waals surface area contributed by atoms with Gasteiger partial charge in [0.1, 0.15) is 0 Å². The third kappa shape index (κ3) is 4.78. The van der Waals surface area contributed by atoms with E-state index < -0.39 is 0 Å². The predicted octanol–water partition coefficient (Wildman–Crippen LogP) is 4.77. The summed E-state index contributed by atoms with van der Waals surface area (Å²) >= 11 is 0. The number of anilines is 1. The fraction of sp³-hybridized carbons (Fsp3) is 0.115. The third-order valence-corrected chi connectivity index (χ3v) is 5.05. The molecule has 0 aliphatic carbocycles. The first-order valence-electron chi connectivity index (χ1n) is 10.2. The van der Waals surface area contributed by atoms with Gasteiger partial charge in [-0.05, 0) is 43.2 Å². The highest BCUT2D eigenvalue weighted by molar-refractivity contribution is 6.14. The number of nitrogens with zero attached hydrogens (tertiary/aromatic N) is 1. The van der Waals surface area contributed by atoms with E-state index in [0.29, 0.717) is 23.4 Å². The van der Waals surface area contributed by atoms with Crippen LogP contribution in [0.2, 0.25) is 0 Å². The van der Waals surface area contributed by atoms with Gasteiger partial charge in [-0.15, -0.1) is 0 Å². The Hall–Kier alpha value is -3.99. The van der Waals surface area contributed by atoms with E-state index in [0.717, 1.165) is 28.6 Å². The van der Waals surface area contributed by atoms with Crippen molar-refractivity contribution in [2.75, 3.05) is 11.9 Å². The van der Waals surface area contributed by atoms with E-state index >= 15 is 0 Å². The van der Waals surface area contributed by atoms with Gasteiger partial charge in [-0.25, -0.2) is 0 Å².